The molecule has 1 amide bonds. The van der Waals surface area contributed by atoms with E-state index < -0.39 is 10.0 Å². The van der Waals surface area contributed by atoms with Crippen LogP contribution in [0.15, 0.2) is 23.1 Å². The fourth-order valence-corrected chi connectivity index (χ4v) is 4.97. The van der Waals surface area contributed by atoms with Crippen LogP contribution in [0.5, 0.6) is 5.75 Å². The smallest absolute Gasteiger partial charge is 0.246 e. The van der Waals surface area contributed by atoms with Gasteiger partial charge >= 0.3 is 0 Å². The van der Waals surface area contributed by atoms with Crippen molar-refractivity contribution < 1.29 is 22.7 Å². The van der Waals surface area contributed by atoms with Crippen LogP contribution in [0.25, 0.3) is 0 Å². The van der Waals surface area contributed by atoms with Crippen LogP contribution in [0.1, 0.15) is 26.7 Å². The number of piperidine rings is 1. The molecule has 1 heterocycles. The molecule has 0 radical (unpaired) electrons. The summed E-state index contributed by atoms with van der Waals surface area (Å²) in [6, 6.07) is 4.50. The molecule has 1 unspecified atom stereocenters. The van der Waals surface area contributed by atoms with E-state index in [-0.39, 0.29) is 41.6 Å². The Bertz CT molecular complexity index is 748. The molecule has 1 fully saturated rings. The van der Waals surface area contributed by atoms with Crippen molar-refractivity contribution in [3.8, 4) is 5.75 Å². The molecule has 27 heavy (non-hydrogen) atoms. The average Bonchev–Trinajstić information content (AvgIpc) is 2.63. The highest BCUT2D eigenvalue weighted by Gasteiger charge is 2.34. The standard InChI is InChI=1S/C18H27ClN2O5S/c1-4-26-16-6-5-15(19)11-17(16)27(23,24)21-9-7-14(8-10-21)18(22)20-13(2)12-25-3/h5-6,11,13-14H,4,7-10,12H2,1-3H3,(H,20,22). The van der Waals surface area contributed by atoms with Gasteiger partial charge in [-0.1, -0.05) is 11.6 Å². The molecule has 1 atom stereocenters. The van der Waals surface area contributed by atoms with Crippen LogP contribution in [0.2, 0.25) is 5.02 Å². The summed E-state index contributed by atoms with van der Waals surface area (Å²) >= 11 is 6.00. The molecule has 1 aromatic rings. The molecule has 1 aliphatic heterocycles. The van der Waals surface area contributed by atoms with Gasteiger partial charge < -0.3 is 14.8 Å². The Balaban J connectivity index is 2.07. The lowest BCUT2D eigenvalue weighted by molar-refractivity contribution is -0.127. The van der Waals surface area contributed by atoms with Crippen LogP contribution in [0.4, 0.5) is 0 Å². The fourth-order valence-electron chi connectivity index (χ4n) is 3.11. The van der Waals surface area contributed by atoms with Gasteiger partial charge in [-0.15, -0.1) is 0 Å². The van der Waals surface area contributed by atoms with Gasteiger partial charge in [-0.05, 0) is 44.9 Å². The summed E-state index contributed by atoms with van der Waals surface area (Å²) in [5.74, 6) is 0.0194. The predicted molar refractivity (Wildman–Crippen MR) is 104 cm³/mol. The minimum absolute atomic E-state index is 0.0608. The molecule has 9 heteroatoms. The third-order valence-electron chi connectivity index (χ3n) is 4.45. The second-order valence-electron chi connectivity index (χ2n) is 6.57. The summed E-state index contributed by atoms with van der Waals surface area (Å²) in [5, 5.41) is 3.23. The minimum Gasteiger partial charge on any atom is -0.492 e. The van der Waals surface area contributed by atoms with E-state index in [4.69, 9.17) is 21.1 Å². The maximum Gasteiger partial charge on any atom is 0.246 e. The van der Waals surface area contributed by atoms with E-state index in [1.165, 1.54) is 10.4 Å². The van der Waals surface area contributed by atoms with E-state index in [1.807, 2.05) is 6.92 Å². The number of nitrogens with zero attached hydrogens (tertiary/aromatic N) is 1. The number of halogens is 1. The van der Waals surface area contributed by atoms with Gasteiger partial charge in [0.1, 0.15) is 10.6 Å². The number of hydrogen-bond acceptors (Lipinski definition) is 5. The topological polar surface area (TPSA) is 84.9 Å². The maximum atomic E-state index is 13.0. The van der Waals surface area contributed by atoms with E-state index >= 15 is 0 Å². The molecule has 1 aromatic carbocycles. The summed E-state index contributed by atoms with van der Waals surface area (Å²) < 4.78 is 38.0. The SMILES string of the molecule is CCOc1ccc(Cl)cc1S(=O)(=O)N1CCC(C(=O)NC(C)COC)CC1. The number of carbonyl (C=O) groups excluding carboxylic acids is 1. The molecule has 152 valence electrons. The number of methoxy groups -OCH3 is 1. The van der Waals surface area contributed by atoms with Gasteiger partial charge in [0.2, 0.25) is 15.9 Å². The van der Waals surface area contributed by atoms with Crippen molar-refractivity contribution in [1.29, 1.82) is 0 Å². The number of nitrogens with one attached hydrogen (secondary N) is 1. The average molecular weight is 419 g/mol. The van der Waals surface area contributed by atoms with Gasteiger partial charge in [0.15, 0.2) is 0 Å². The number of amides is 1. The van der Waals surface area contributed by atoms with Crippen molar-refractivity contribution in [2.45, 2.75) is 37.6 Å². The molecule has 1 saturated heterocycles. The monoisotopic (exact) mass is 418 g/mol. The third kappa shape index (κ3) is 5.57. The van der Waals surface area contributed by atoms with Crippen molar-refractivity contribution in [2.24, 2.45) is 5.92 Å². The normalized spacial score (nSPS) is 17.5. The van der Waals surface area contributed by atoms with Crippen LogP contribution < -0.4 is 10.1 Å². The third-order valence-corrected chi connectivity index (χ3v) is 6.61. The summed E-state index contributed by atoms with van der Waals surface area (Å²) in [7, 11) is -2.16. The summed E-state index contributed by atoms with van der Waals surface area (Å²) in [6.45, 7) is 5.00. The molecule has 0 bridgehead atoms. The second kappa shape index (κ2) is 9.73. The van der Waals surface area contributed by atoms with Crippen LogP contribution >= 0.6 is 11.6 Å². The first-order valence-corrected chi connectivity index (χ1v) is 10.8. The van der Waals surface area contributed by atoms with Gasteiger partial charge in [-0.3, -0.25) is 4.79 Å². The Kier molecular flexibility index (Phi) is 7.91. The fraction of sp³-hybridized carbons (Fsp3) is 0.611. The summed E-state index contributed by atoms with van der Waals surface area (Å²) in [4.78, 5) is 12.4. The molecule has 0 spiro atoms. The number of hydrogen-bond donors (Lipinski definition) is 1. The van der Waals surface area contributed by atoms with Gasteiger partial charge in [-0.2, -0.15) is 4.31 Å². The number of rotatable bonds is 8. The van der Waals surface area contributed by atoms with Crippen LogP contribution in [0, 0.1) is 5.92 Å². The maximum absolute atomic E-state index is 13.0. The van der Waals surface area contributed by atoms with Gasteiger partial charge in [-0.25, -0.2) is 8.42 Å². The molecule has 0 saturated carbocycles. The zero-order chi connectivity index (χ0) is 20.0. The minimum atomic E-state index is -3.75. The number of carbonyl (C=O) groups is 1. The molecule has 1 N–H and O–H groups in total. The first-order chi connectivity index (χ1) is 12.8. The Labute approximate surface area is 166 Å². The first kappa shape index (κ1) is 21.9. The lowest BCUT2D eigenvalue weighted by atomic mass is 9.97. The Morgan fingerprint density at radius 1 is 1.37 bits per heavy atom. The molecule has 1 aliphatic rings. The van der Waals surface area contributed by atoms with Crippen LogP contribution in [0.3, 0.4) is 0 Å². The molecular formula is C18H27ClN2O5S. The van der Waals surface area contributed by atoms with Crippen molar-refractivity contribution in [1.82, 2.24) is 9.62 Å². The number of sulfonamides is 1. The van der Waals surface area contributed by atoms with E-state index in [9.17, 15) is 13.2 Å². The first-order valence-electron chi connectivity index (χ1n) is 9.01. The van der Waals surface area contributed by atoms with Crippen molar-refractivity contribution in [3.63, 3.8) is 0 Å². The lowest BCUT2D eigenvalue weighted by Crippen LogP contribution is -2.45. The van der Waals surface area contributed by atoms with Crippen molar-refractivity contribution in [3.05, 3.63) is 23.2 Å². The molecule has 0 aliphatic carbocycles. The second-order valence-corrected chi connectivity index (χ2v) is 8.91. The largest absolute Gasteiger partial charge is 0.492 e. The Morgan fingerprint density at radius 3 is 2.63 bits per heavy atom. The Morgan fingerprint density at radius 2 is 2.04 bits per heavy atom. The van der Waals surface area contributed by atoms with E-state index in [1.54, 1.807) is 26.2 Å². The lowest BCUT2D eigenvalue weighted by Gasteiger charge is -2.31. The zero-order valence-corrected chi connectivity index (χ0v) is 17.5. The van der Waals surface area contributed by atoms with E-state index in [2.05, 4.69) is 5.32 Å². The zero-order valence-electron chi connectivity index (χ0n) is 15.9. The predicted octanol–water partition coefficient (Wildman–Crippen LogP) is 2.29. The van der Waals surface area contributed by atoms with Crippen LogP contribution in [-0.2, 0) is 19.6 Å². The van der Waals surface area contributed by atoms with Gasteiger partial charge in [0, 0.05) is 37.2 Å². The number of ether oxygens (including phenoxy) is 2. The summed E-state index contributed by atoms with van der Waals surface area (Å²) in [5.41, 5.74) is 0. The highest BCUT2D eigenvalue weighted by Crippen LogP contribution is 2.32. The quantitative estimate of drug-likeness (QED) is 0.700. The number of benzene rings is 1. The highest BCUT2D eigenvalue weighted by atomic mass is 35.5. The highest BCUT2D eigenvalue weighted by molar-refractivity contribution is 7.89. The molecular weight excluding hydrogens is 392 g/mol. The Hall–Kier alpha value is -1.35. The molecule has 0 aromatic heterocycles. The van der Waals surface area contributed by atoms with Crippen molar-refractivity contribution >= 4 is 27.5 Å². The van der Waals surface area contributed by atoms with Crippen LogP contribution in [-0.4, -0.2) is 58.1 Å². The van der Waals surface area contributed by atoms with Gasteiger partial charge in [0.05, 0.1) is 13.2 Å². The van der Waals surface area contributed by atoms with E-state index in [0.717, 1.165) is 0 Å². The van der Waals surface area contributed by atoms with E-state index in [0.29, 0.717) is 31.1 Å². The van der Waals surface area contributed by atoms with Crippen molar-refractivity contribution in [2.75, 3.05) is 33.4 Å². The molecule has 7 nitrogen and oxygen atoms in total. The van der Waals surface area contributed by atoms with Gasteiger partial charge in [0.25, 0.3) is 0 Å². The summed E-state index contributed by atoms with van der Waals surface area (Å²) in [6.07, 6.45) is 0.935. The molecule has 2 rings (SSSR count).